The van der Waals surface area contributed by atoms with Gasteiger partial charge >= 0.3 is 0 Å². The zero-order valence-electron chi connectivity index (χ0n) is 13.3. The molecule has 0 saturated carbocycles. The highest BCUT2D eigenvalue weighted by Crippen LogP contribution is 2.28. The highest BCUT2D eigenvalue weighted by molar-refractivity contribution is 7.20. The van der Waals surface area contributed by atoms with Crippen molar-refractivity contribution >= 4 is 45.9 Å². The van der Waals surface area contributed by atoms with Gasteiger partial charge in [-0.2, -0.15) is 0 Å². The van der Waals surface area contributed by atoms with Crippen LogP contribution in [0.3, 0.4) is 0 Å². The molecular formula is C18H15N3O2S2. The van der Waals surface area contributed by atoms with Gasteiger partial charge in [0.2, 0.25) is 5.91 Å². The van der Waals surface area contributed by atoms with E-state index in [1.54, 1.807) is 21.6 Å². The Bertz CT molecular complexity index is 918. The van der Waals surface area contributed by atoms with Gasteiger partial charge in [0.05, 0.1) is 4.88 Å². The lowest BCUT2D eigenvalue weighted by Crippen LogP contribution is -2.23. The SMILES string of the molecule is O=C(Nc1cccc(N2CCCC2=O)c1)c1csc(-c2cccs2)n1. The van der Waals surface area contributed by atoms with Gasteiger partial charge in [-0.1, -0.05) is 12.1 Å². The van der Waals surface area contributed by atoms with Gasteiger partial charge in [-0.25, -0.2) is 4.98 Å². The fourth-order valence-electron chi connectivity index (χ4n) is 2.76. The average molecular weight is 369 g/mol. The maximum absolute atomic E-state index is 12.4. The number of aromatic nitrogens is 1. The normalized spacial score (nSPS) is 14.1. The van der Waals surface area contributed by atoms with Crippen molar-refractivity contribution < 1.29 is 9.59 Å². The predicted octanol–water partition coefficient (Wildman–Crippen LogP) is 4.25. The molecule has 1 N–H and O–H groups in total. The van der Waals surface area contributed by atoms with Crippen molar-refractivity contribution in [1.82, 2.24) is 4.98 Å². The Labute approximate surface area is 152 Å². The standard InChI is InChI=1S/C18H15N3O2S2/c22-16-7-2-8-21(16)13-5-1-4-12(10-13)19-17(23)14-11-25-18(20-14)15-6-3-9-24-15/h1,3-6,9-11H,2,7-8H2,(H,19,23). The van der Waals surface area contributed by atoms with Gasteiger partial charge in [-0.05, 0) is 36.1 Å². The third kappa shape index (κ3) is 3.33. The molecule has 0 bridgehead atoms. The van der Waals surface area contributed by atoms with Gasteiger partial charge in [-0.15, -0.1) is 22.7 Å². The van der Waals surface area contributed by atoms with E-state index in [0.29, 0.717) is 17.8 Å². The number of nitrogens with zero attached hydrogens (tertiary/aromatic N) is 2. The monoisotopic (exact) mass is 369 g/mol. The maximum atomic E-state index is 12.4. The quantitative estimate of drug-likeness (QED) is 0.748. The van der Waals surface area contributed by atoms with Crippen molar-refractivity contribution in [2.75, 3.05) is 16.8 Å². The molecule has 5 nitrogen and oxygen atoms in total. The second-order valence-electron chi connectivity index (χ2n) is 5.67. The third-order valence-corrected chi connectivity index (χ3v) is 5.84. The first kappa shape index (κ1) is 16.0. The number of thiophene rings is 1. The van der Waals surface area contributed by atoms with E-state index in [2.05, 4.69) is 10.3 Å². The smallest absolute Gasteiger partial charge is 0.275 e. The summed E-state index contributed by atoms with van der Waals surface area (Å²) in [5.74, 6) is -0.118. The van der Waals surface area contributed by atoms with Crippen LogP contribution in [0.4, 0.5) is 11.4 Å². The topological polar surface area (TPSA) is 62.3 Å². The van der Waals surface area contributed by atoms with Gasteiger partial charge in [0, 0.05) is 29.7 Å². The molecule has 1 aromatic carbocycles. The number of nitrogens with one attached hydrogen (secondary N) is 1. The summed E-state index contributed by atoms with van der Waals surface area (Å²) < 4.78 is 0. The Morgan fingerprint density at radius 3 is 2.88 bits per heavy atom. The molecule has 0 unspecified atom stereocenters. The highest BCUT2D eigenvalue weighted by atomic mass is 32.1. The van der Waals surface area contributed by atoms with Gasteiger partial charge in [-0.3, -0.25) is 9.59 Å². The summed E-state index contributed by atoms with van der Waals surface area (Å²) >= 11 is 3.06. The number of carbonyl (C=O) groups excluding carboxylic acids is 2. The minimum atomic E-state index is -0.246. The maximum Gasteiger partial charge on any atom is 0.275 e. The first-order chi connectivity index (χ1) is 12.2. The van der Waals surface area contributed by atoms with E-state index >= 15 is 0 Å². The summed E-state index contributed by atoms with van der Waals surface area (Å²) in [4.78, 5) is 31.6. The number of benzene rings is 1. The van der Waals surface area contributed by atoms with Crippen molar-refractivity contribution in [3.8, 4) is 9.88 Å². The number of hydrogen-bond donors (Lipinski definition) is 1. The van der Waals surface area contributed by atoms with Crippen LogP contribution in [-0.4, -0.2) is 23.3 Å². The molecule has 0 radical (unpaired) electrons. The van der Waals surface area contributed by atoms with E-state index in [1.807, 2.05) is 41.8 Å². The molecule has 1 fully saturated rings. The third-order valence-electron chi connectivity index (χ3n) is 3.96. The van der Waals surface area contributed by atoms with Crippen LogP contribution < -0.4 is 10.2 Å². The largest absolute Gasteiger partial charge is 0.321 e. The van der Waals surface area contributed by atoms with Crippen LogP contribution in [0, 0.1) is 0 Å². The average Bonchev–Trinajstić information content (AvgIpc) is 3.36. The molecule has 4 rings (SSSR count). The number of carbonyl (C=O) groups is 2. The highest BCUT2D eigenvalue weighted by Gasteiger charge is 2.22. The summed E-state index contributed by atoms with van der Waals surface area (Å²) in [6, 6.07) is 11.3. The molecule has 0 atom stereocenters. The molecule has 1 saturated heterocycles. The summed E-state index contributed by atoms with van der Waals surface area (Å²) in [6.07, 6.45) is 1.46. The lowest BCUT2D eigenvalue weighted by atomic mass is 10.2. The molecule has 1 aliphatic rings. The zero-order valence-corrected chi connectivity index (χ0v) is 14.9. The first-order valence-electron chi connectivity index (χ1n) is 7.92. The van der Waals surface area contributed by atoms with Crippen molar-refractivity contribution in [3.05, 3.63) is 52.9 Å². The van der Waals surface area contributed by atoms with Crippen LogP contribution in [0.5, 0.6) is 0 Å². The molecule has 25 heavy (non-hydrogen) atoms. The number of anilines is 2. The molecule has 0 spiro atoms. The van der Waals surface area contributed by atoms with Crippen molar-refractivity contribution in [2.45, 2.75) is 12.8 Å². The van der Waals surface area contributed by atoms with Gasteiger partial charge in [0.15, 0.2) is 0 Å². The predicted molar refractivity (Wildman–Crippen MR) is 101 cm³/mol. The Morgan fingerprint density at radius 2 is 2.12 bits per heavy atom. The molecule has 1 aliphatic heterocycles. The Balaban J connectivity index is 1.50. The van der Waals surface area contributed by atoms with E-state index in [-0.39, 0.29) is 11.8 Å². The van der Waals surface area contributed by atoms with E-state index in [0.717, 1.165) is 28.5 Å². The first-order valence-corrected chi connectivity index (χ1v) is 9.68. The second kappa shape index (κ2) is 6.78. The van der Waals surface area contributed by atoms with Gasteiger partial charge in [0.1, 0.15) is 10.7 Å². The number of thiazole rings is 1. The Kier molecular flexibility index (Phi) is 4.33. The van der Waals surface area contributed by atoms with Crippen LogP contribution in [0.15, 0.2) is 47.2 Å². The van der Waals surface area contributed by atoms with Crippen LogP contribution in [-0.2, 0) is 4.79 Å². The molecular weight excluding hydrogens is 354 g/mol. The summed E-state index contributed by atoms with van der Waals surface area (Å²) in [6.45, 7) is 0.729. The lowest BCUT2D eigenvalue weighted by Gasteiger charge is -2.16. The minimum absolute atomic E-state index is 0.128. The summed E-state index contributed by atoms with van der Waals surface area (Å²) in [5.41, 5.74) is 1.88. The van der Waals surface area contributed by atoms with E-state index in [9.17, 15) is 9.59 Å². The molecule has 2 amide bonds. The van der Waals surface area contributed by atoms with Crippen molar-refractivity contribution in [1.29, 1.82) is 0 Å². The van der Waals surface area contributed by atoms with Gasteiger partial charge in [0.25, 0.3) is 5.91 Å². The van der Waals surface area contributed by atoms with E-state index in [4.69, 9.17) is 0 Å². The molecule has 3 heterocycles. The molecule has 126 valence electrons. The fraction of sp³-hybridized carbons (Fsp3) is 0.167. The van der Waals surface area contributed by atoms with E-state index in [1.165, 1.54) is 11.3 Å². The van der Waals surface area contributed by atoms with Crippen LogP contribution >= 0.6 is 22.7 Å². The fourth-order valence-corrected chi connectivity index (χ4v) is 4.37. The summed E-state index contributed by atoms with van der Waals surface area (Å²) in [5, 5.41) is 7.46. The van der Waals surface area contributed by atoms with Crippen LogP contribution in [0.25, 0.3) is 9.88 Å². The molecule has 3 aromatic rings. The van der Waals surface area contributed by atoms with Crippen LogP contribution in [0.2, 0.25) is 0 Å². The van der Waals surface area contributed by atoms with Crippen LogP contribution in [0.1, 0.15) is 23.3 Å². The summed E-state index contributed by atoms with van der Waals surface area (Å²) in [7, 11) is 0. The molecule has 7 heteroatoms. The molecule has 2 aromatic heterocycles. The second-order valence-corrected chi connectivity index (χ2v) is 7.47. The lowest BCUT2D eigenvalue weighted by molar-refractivity contribution is -0.117. The number of rotatable bonds is 4. The number of amides is 2. The van der Waals surface area contributed by atoms with Crippen molar-refractivity contribution in [3.63, 3.8) is 0 Å². The minimum Gasteiger partial charge on any atom is -0.321 e. The van der Waals surface area contributed by atoms with Crippen molar-refractivity contribution in [2.24, 2.45) is 0 Å². The Hall–Kier alpha value is -2.51. The number of hydrogen-bond acceptors (Lipinski definition) is 5. The van der Waals surface area contributed by atoms with E-state index < -0.39 is 0 Å². The Morgan fingerprint density at radius 1 is 1.20 bits per heavy atom. The molecule has 0 aliphatic carbocycles. The zero-order chi connectivity index (χ0) is 17.2. The van der Waals surface area contributed by atoms with Gasteiger partial charge < -0.3 is 10.2 Å².